The first-order valence-corrected chi connectivity index (χ1v) is 7.59. The number of anilines is 1. The van der Waals surface area contributed by atoms with Gasteiger partial charge in [-0.1, -0.05) is 46.3 Å². The van der Waals surface area contributed by atoms with Crippen molar-refractivity contribution in [3.8, 4) is 0 Å². The van der Waals surface area contributed by atoms with Gasteiger partial charge in [-0.05, 0) is 42.7 Å². The monoisotopic (exact) mass is 332 g/mol. The largest absolute Gasteiger partial charge is 0.370 e. The Hall–Kier alpha value is -1.32. The van der Waals surface area contributed by atoms with E-state index in [-0.39, 0.29) is 6.04 Å². The molecule has 0 aromatic heterocycles. The van der Waals surface area contributed by atoms with Gasteiger partial charge in [0.25, 0.3) is 0 Å². The van der Waals surface area contributed by atoms with Gasteiger partial charge in [-0.15, -0.1) is 0 Å². The number of nitrogens with zero attached hydrogens (tertiary/aromatic N) is 1. The first-order chi connectivity index (χ1) is 9.49. The number of rotatable bonds is 4. The molecule has 1 atom stereocenters. The average molecular weight is 333 g/mol. The third-order valence-corrected chi connectivity index (χ3v) is 4.27. The summed E-state index contributed by atoms with van der Waals surface area (Å²) < 4.78 is 1.07. The first kappa shape index (κ1) is 15.1. The van der Waals surface area contributed by atoms with Crippen molar-refractivity contribution in [1.29, 1.82) is 0 Å². The predicted molar refractivity (Wildman–Crippen MR) is 90.0 cm³/mol. The molecular weight excluding hydrogens is 312 g/mol. The summed E-state index contributed by atoms with van der Waals surface area (Å²) in [6.45, 7) is 5.05. The van der Waals surface area contributed by atoms with Crippen LogP contribution in [0.3, 0.4) is 0 Å². The number of hydrogen-bond donors (Lipinski definition) is 1. The van der Waals surface area contributed by atoms with Crippen LogP contribution < -0.4 is 10.6 Å². The van der Waals surface area contributed by atoms with Crippen LogP contribution in [0.4, 0.5) is 5.69 Å². The van der Waals surface area contributed by atoms with Crippen LogP contribution in [0, 0.1) is 6.92 Å². The van der Waals surface area contributed by atoms with Crippen molar-refractivity contribution >= 4 is 21.6 Å². The number of benzene rings is 2. The lowest BCUT2D eigenvalue weighted by Gasteiger charge is -2.22. The van der Waals surface area contributed by atoms with Gasteiger partial charge in [-0.2, -0.15) is 0 Å². The normalized spacial score (nSPS) is 12.2. The van der Waals surface area contributed by atoms with Crippen LogP contribution in [0.2, 0.25) is 0 Å². The minimum absolute atomic E-state index is 0.0418. The van der Waals surface area contributed by atoms with Gasteiger partial charge in [0, 0.05) is 29.8 Å². The zero-order valence-corrected chi connectivity index (χ0v) is 13.8. The second-order valence-corrected chi connectivity index (χ2v) is 6.13. The molecule has 0 saturated heterocycles. The van der Waals surface area contributed by atoms with E-state index in [9.17, 15) is 0 Å². The Bertz CT molecular complexity index is 593. The molecule has 0 bridgehead atoms. The molecular formula is C17H21BrN2. The summed E-state index contributed by atoms with van der Waals surface area (Å²) in [6.07, 6.45) is 0. The lowest BCUT2D eigenvalue weighted by molar-refractivity contribution is 0.811. The number of halogens is 1. The van der Waals surface area contributed by atoms with Crippen molar-refractivity contribution in [1.82, 2.24) is 0 Å². The molecule has 2 nitrogen and oxygen atoms in total. The predicted octanol–water partition coefficient (Wildman–Crippen LogP) is 4.41. The van der Waals surface area contributed by atoms with E-state index in [2.05, 4.69) is 77.3 Å². The Morgan fingerprint density at radius 3 is 2.50 bits per heavy atom. The van der Waals surface area contributed by atoms with E-state index in [4.69, 9.17) is 5.73 Å². The topological polar surface area (TPSA) is 29.3 Å². The number of hydrogen-bond acceptors (Lipinski definition) is 2. The van der Waals surface area contributed by atoms with Crippen LogP contribution in [-0.2, 0) is 6.54 Å². The lowest BCUT2D eigenvalue weighted by atomic mass is 10.1. The Morgan fingerprint density at radius 1 is 1.20 bits per heavy atom. The number of aryl methyl sites for hydroxylation is 1. The second kappa shape index (κ2) is 6.42. The van der Waals surface area contributed by atoms with Gasteiger partial charge in [0.05, 0.1) is 0 Å². The van der Waals surface area contributed by atoms with Crippen molar-refractivity contribution in [3.63, 3.8) is 0 Å². The summed E-state index contributed by atoms with van der Waals surface area (Å²) in [4.78, 5) is 2.25. The second-order valence-electron chi connectivity index (χ2n) is 5.28. The van der Waals surface area contributed by atoms with Gasteiger partial charge in [-0.25, -0.2) is 0 Å². The molecule has 0 fully saturated rings. The third-order valence-electron chi connectivity index (χ3n) is 3.58. The summed E-state index contributed by atoms with van der Waals surface area (Å²) in [5.74, 6) is 0. The minimum atomic E-state index is 0.0418. The molecule has 2 rings (SSSR count). The van der Waals surface area contributed by atoms with Crippen molar-refractivity contribution < 1.29 is 0 Å². The van der Waals surface area contributed by atoms with E-state index in [0.717, 1.165) is 16.6 Å². The molecule has 2 aromatic carbocycles. The molecule has 0 aliphatic heterocycles. The third kappa shape index (κ3) is 3.41. The maximum absolute atomic E-state index is 5.94. The highest BCUT2D eigenvalue weighted by Crippen LogP contribution is 2.27. The maximum Gasteiger partial charge on any atom is 0.0428 e. The highest BCUT2D eigenvalue weighted by atomic mass is 79.9. The molecule has 3 heteroatoms. The zero-order valence-electron chi connectivity index (χ0n) is 12.2. The summed E-state index contributed by atoms with van der Waals surface area (Å²) in [5.41, 5.74) is 10.9. The van der Waals surface area contributed by atoms with Crippen LogP contribution in [0.5, 0.6) is 0 Å². The molecule has 0 aliphatic carbocycles. The van der Waals surface area contributed by atoms with Gasteiger partial charge < -0.3 is 10.6 Å². The fourth-order valence-electron chi connectivity index (χ4n) is 2.26. The van der Waals surface area contributed by atoms with E-state index >= 15 is 0 Å². The highest BCUT2D eigenvalue weighted by Gasteiger charge is 2.09. The molecule has 106 valence electrons. The fraction of sp³-hybridized carbons (Fsp3) is 0.294. The summed E-state index contributed by atoms with van der Waals surface area (Å²) in [5, 5.41) is 0. The van der Waals surface area contributed by atoms with Crippen LogP contribution in [0.25, 0.3) is 0 Å². The smallest absolute Gasteiger partial charge is 0.0428 e. The van der Waals surface area contributed by atoms with E-state index in [1.54, 1.807) is 0 Å². The molecule has 0 saturated carbocycles. The Morgan fingerprint density at radius 2 is 1.90 bits per heavy atom. The summed E-state index contributed by atoms with van der Waals surface area (Å²) >= 11 is 3.61. The van der Waals surface area contributed by atoms with Crippen LogP contribution in [-0.4, -0.2) is 7.05 Å². The quantitative estimate of drug-likeness (QED) is 0.898. The molecule has 0 heterocycles. The molecule has 2 N–H and O–H groups in total. The lowest BCUT2D eigenvalue weighted by Crippen LogP contribution is -2.17. The van der Waals surface area contributed by atoms with Crippen LogP contribution in [0.15, 0.2) is 46.9 Å². The van der Waals surface area contributed by atoms with E-state index in [1.165, 1.54) is 16.8 Å². The molecule has 0 spiro atoms. The average Bonchev–Trinajstić information content (AvgIpc) is 2.40. The minimum Gasteiger partial charge on any atom is -0.370 e. The molecule has 20 heavy (non-hydrogen) atoms. The molecule has 0 aliphatic rings. The van der Waals surface area contributed by atoms with Gasteiger partial charge in [0.1, 0.15) is 0 Å². The van der Waals surface area contributed by atoms with Crippen molar-refractivity contribution in [3.05, 3.63) is 63.6 Å². The van der Waals surface area contributed by atoms with Gasteiger partial charge in [-0.3, -0.25) is 0 Å². The Labute approximate surface area is 129 Å². The molecule has 1 unspecified atom stereocenters. The Kier molecular flexibility index (Phi) is 4.84. The van der Waals surface area contributed by atoms with Gasteiger partial charge >= 0.3 is 0 Å². The van der Waals surface area contributed by atoms with E-state index in [0.29, 0.717) is 0 Å². The molecule has 2 aromatic rings. The van der Waals surface area contributed by atoms with Gasteiger partial charge in [0.2, 0.25) is 0 Å². The van der Waals surface area contributed by atoms with E-state index in [1.807, 2.05) is 6.92 Å². The molecule has 0 radical (unpaired) electrons. The summed E-state index contributed by atoms with van der Waals surface area (Å²) in [6, 6.07) is 14.9. The van der Waals surface area contributed by atoms with Crippen molar-refractivity contribution in [2.45, 2.75) is 26.4 Å². The van der Waals surface area contributed by atoms with Crippen molar-refractivity contribution in [2.24, 2.45) is 5.73 Å². The van der Waals surface area contributed by atoms with Crippen LogP contribution in [0.1, 0.15) is 29.7 Å². The fourth-order valence-corrected chi connectivity index (χ4v) is 2.98. The first-order valence-electron chi connectivity index (χ1n) is 6.79. The SMILES string of the molecule is Cc1ccccc1CN(C)c1ccc(C(C)N)c(Br)c1. The molecule has 0 amide bonds. The highest BCUT2D eigenvalue weighted by molar-refractivity contribution is 9.10. The summed E-state index contributed by atoms with van der Waals surface area (Å²) in [7, 11) is 2.11. The van der Waals surface area contributed by atoms with Crippen LogP contribution >= 0.6 is 15.9 Å². The standard InChI is InChI=1S/C17H21BrN2/c1-12-6-4-5-7-14(12)11-20(3)15-8-9-16(13(2)19)17(18)10-15/h4-10,13H,11,19H2,1-3H3. The Balaban J connectivity index is 2.20. The maximum atomic E-state index is 5.94. The number of nitrogens with two attached hydrogens (primary N) is 1. The zero-order chi connectivity index (χ0) is 14.7. The van der Waals surface area contributed by atoms with E-state index < -0.39 is 0 Å². The van der Waals surface area contributed by atoms with Crippen molar-refractivity contribution in [2.75, 3.05) is 11.9 Å². The van der Waals surface area contributed by atoms with Gasteiger partial charge in [0.15, 0.2) is 0 Å².